The number of hydrogen-bond acceptors (Lipinski definition) is 1. The Morgan fingerprint density at radius 3 is 2.43 bits per heavy atom. The van der Waals surface area contributed by atoms with Crippen LogP contribution in [-0.4, -0.2) is 9.78 Å². The molecule has 72 valence electrons. The Balaban J connectivity index is 2.64. The third-order valence-electron chi connectivity index (χ3n) is 2.05. The molecular weight excluding hydrogens is 244 g/mol. The zero-order valence-electron chi connectivity index (χ0n) is 7.62. The molecule has 0 saturated carbocycles. The van der Waals surface area contributed by atoms with Gasteiger partial charge in [-0.25, -0.2) is 0 Å². The molecule has 2 rings (SSSR count). The maximum atomic E-state index is 11.4. The lowest BCUT2D eigenvalue weighted by Crippen LogP contribution is -2.11. The molecule has 14 heavy (non-hydrogen) atoms. The Bertz CT molecular complexity index is 499. The Hall–Kier alpha value is -1.29. The number of nitrogens with one attached hydrogen (secondary N) is 1. The molecule has 1 aromatic heterocycles. The fourth-order valence-electron chi connectivity index (χ4n) is 1.32. The van der Waals surface area contributed by atoms with E-state index in [1.807, 2.05) is 30.3 Å². The standard InChI is InChI=1S/C10H9BrN2O/c1-13-10(14)8(11)9(12-13)7-5-3-2-4-6-7/h2-6,12H,1H3. The maximum Gasteiger partial charge on any atom is 0.281 e. The fourth-order valence-corrected chi connectivity index (χ4v) is 1.90. The van der Waals surface area contributed by atoms with Gasteiger partial charge in [-0.3, -0.25) is 14.6 Å². The average Bonchev–Trinajstić information content (AvgIpc) is 2.47. The zero-order chi connectivity index (χ0) is 10.1. The Morgan fingerprint density at radius 1 is 1.29 bits per heavy atom. The first kappa shape index (κ1) is 9.27. The highest BCUT2D eigenvalue weighted by Crippen LogP contribution is 2.22. The number of rotatable bonds is 1. The van der Waals surface area contributed by atoms with Crippen LogP contribution in [0.2, 0.25) is 0 Å². The van der Waals surface area contributed by atoms with Crippen molar-refractivity contribution in [3.8, 4) is 11.3 Å². The molecule has 0 radical (unpaired) electrons. The molecule has 0 aliphatic carbocycles. The quantitative estimate of drug-likeness (QED) is 0.830. The van der Waals surface area contributed by atoms with Crippen LogP contribution in [0, 0.1) is 0 Å². The summed E-state index contributed by atoms with van der Waals surface area (Å²) in [6.45, 7) is 0. The minimum Gasteiger partial charge on any atom is -0.294 e. The van der Waals surface area contributed by atoms with Crippen LogP contribution in [0.1, 0.15) is 0 Å². The number of nitrogens with zero attached hydrogens (tertiary/aromatic N) is 1. The molecular formula is C10H9BrN2O. The second-order valence-electron chi connectivity index (χ2n) is 3.03. The summed E-state index contributed by atoms with van der Waals surface area (Å²) in [7, 11) is 1.69. The number of hydrogen-bond donors (Lipinski definition) is 1. The first-order valence-electron chi connectivity index (χ1n) is 4.20. The molecule has 3 nitrogen and oxygen atoms in total. The van der Waals surface area contributed by atoms with E-state index >= 15 is 0 Å². The number of benzene rings is 1. The van der Waals surface area contributed by atoms with Crippen LogP contribution in [0.25, 0.3) is 11.3 Å². The summed E-state index contributed by atoms with van der Waals surface area (Å²) in [5.74, 6) is 0. The Labute approximate surface area is 89.5 Å². The van der Waals surface area contributed by atoms with Gasteiger partial charge in [-0.15, -0.1) is 0 Å². The van der Waals surface area contributed by atoms with Crippen LogP contribution in [0.15, 0.2) is 39.6 Å². The van der Waals surface area contributed by atoms with Gasteiger partial charge in [-0.2, -0.15) is 0 Å². The van der Waals surface area contributed by atoms with E-state index in [0.717, 1.165) is 11.3 Å². The molecule has 0 saturated heterocycles. The monoisotopic (exact) mass is 252 g/mol. The largest absolute Gasteiger partial charge is 0.294 e. The molecule has 0 unspecified atom stereocenters. The van der Waals surface area contributed by atoms with Crippen LogP contribution in [0.5, 0.6) is 0 Å². The lowest BCUT2D eigenvalue weighted by molar-refractivity contribution is 0.742. The lowest BCUT2D eigenvalue weighted by atomic mass is 10.2. The van der Waals surface area contributed by atoms with Gasteiger partial charge in [0.15, 0.2) is 0 Å². The van der Waals surface area contributed by atoms with E-state index < -0.39 is 0 Å². The minimum absolute atomic E-state index is 0.0520. The van der Waals surface area contributed by atoms with E-state index in [4.69, 9.17) is 0 Å². The van der Waals surface area contributed by atoms with E-state index in [1.54, 1.807) is 7.05 Å². The summed E-state index contributed by atoms with van der Waals surface area (Å²) in [6.07, 6.45) is 0. The van der Waals surface area contributed by atoms with Gasteiger partial charge in [0.1, 0.15) is 4.47 Å². The fraction of sp³-hybridized carbons (Fsp3) is 0.100. The second kappa shape index (κ2) is 3.46. The molecule has 0 amide bonds. The van der Waals surface area contributed by atoms with Gasteiger partial charge in [0.2, 0.25) is 0 Å². The van der Waals surface area contributed by atoms with Crippen LogP contribution < -0.4 is 5.56 Å². The molecule has 0 fully saturated rings. The summed E-state index contributed by atoms with van der Waals surface area (Å²) in [6, 6.07) is 9.73. The van der Waals surface area contributed by atoms with Gasteiger partial charge in [0, 0.05) is 12.6 Å². The van der Waals surface area contributed by atoms with E-state index in [9.17, 15) is 4.79 Å². The summed E-state index contributed by atoms with van der Waals surface area (Å²) in [5, 5.41) is 2.99. The van der Waals surface area contributed by atoms with Crippen LogP contribution in [0.3, 0.4) is 0 Å². The molecule has 1 aromatic carbocycles. The van der Waals surface area contributed by atoms with Crippen molar-refractivity contribution in [2.75, 3.05) is 0 Å². The molecule has 0 spiro atoms. The molecule has 0 aliphatic rings. The Morgan fingerprint density at radius 2 is 1.93 bits per heavy atom. The SMILES string of the molecule is Cn1[nH]c(-c2ccccc2)c(Br)c1=O. The zero-order valence-corrected chi connectivity index (χ0v) is 9.21. The highest BCUT2D eigenvalue weighted by atomic mass is 79.9. The van der Waals surface area contributed by atoms with Crippen molar-refractivity contribution < 1.29 is 0 Å². The van der Waals surface area contributed by atoms with Gasteiger partial charge < -0.3 is 0 Å². The Kier molecular flexibility index (Phi) is 2.29. The predicted molar refractivity (Wildman–Crippen MR) is 59.2 cm³/mol. The van der Waals surface area contributed by atoms with Crippen molar-refractivity contribution in [3.63, 3.8) is 0 Å². The van der Waals surface area contributed by atoms with Gasteiger partial charge in [-0.05, 0) is 15.9 Å². The number of aromatic nitrogens is 2. The maximum absolute atomic E-state index is 11.4. The van der Waals surface area contributed by atoms with Crippen LogP contribution >= 0.6 is 15.9 Å². The summed E-state index contributed by atoms with van der Waals surface area (Å²) >= 11 is 3.27. The van der Waals surface area contributed by atoms with E-state index in [2.05, 4.69) is 21.0 Å². The van der Waals surface area contributed by atoms with Crippen molar-refractivity contribution in [2.24, 2.45) is 7.05 Å². The smallest absolute Gasteiger partial charge is 0.281 e. The molecule has 0 atom stereocenters. The van der Waals surface area contributed by atoms with Crippen molar-refractivity contribution in [2.45, 2.75) is 0 Å². The summed E-state index contributed by atoms with van der Waals surface area (Å²) in [4.78, 5) is 11.4. The van der Waals surface area contributed by atoms with Gasteiger partial charge in [0.25, 0.3) is 5.56 Å². The third kappa shape index (κ3) is 1.42. The predicted octanol–water partition coefficient (Wildman–Crippen LogP) is 2.14. The normalized spacial score (nSPS) is 10.4. The van der Waals surface area contributed by atoms with Gasteiger partial charge in [-0.1, -0.05) is 30.3 Å². The van der Waals surface area contributed by atoms with Crippen molar-refractivity contribution in [1.29, 1.82) is 0 Å². The number of halogens is 1. The third-order valence-corrected chi connectivity index (χ3v) is 2.79. The van der Waals surface area contributed by atoms with E-state index in [1.165, 1.54) is 4.68 Å². The van der Waals surface area contributed by atoms with Gasteiger partial charge >= 0.3 is 0 Å². The number of aryl methyl sites for hydroxylation is 1. The number of H-pyrrole nitrogens is 1. The average molecular weight is 253 g/mol. The van der Waals surface area contributed by atoms with E-state index in [-0.39, 0.29) is 5.56 Å². The number of aromatic amines is 1. The summed E-state index contributed by atoms with van der Waals surface area (Å²) < 4.78 is 2.03. The topological polar surface area (TPSA) is 37.8 Å². The van der Waals surface area contributed by atoms with Gasteiger partial charge in [0.05, 0.1) is 5.69 Å². The van der Waals surface area contributed by atoms with Crippen molar-refractivity contribution in [3.05, 3.63) is 45.2 Å². The molecule has 4 heteroatoms. The first-order chi connectivity index (χ1) is 6.70. The highest BCUT2D eigenvalue weighted by molar-refractivity contribution is 9.10. The van der Waals surface area contributed by atoms with Crippen molar-refractivity contribution in [1.82, 2.24) is 9.78 Å². The molecule has 1 heterocycles. The molecule has 2 aromatic rings. The highest BCUT2D eigenvalue weighted by Gasteiger charge is 2.10. The van der Waals surface area contributed by atoms with E-state index in [0.29, 0.717) is 4.47 Å². The van der Waals surface area contributed by atoms with Crippen molar-refractivity contribution >= 4 is 15.9 Å². The first-order valence-corrected chi connectivity index (χ1v) is 4.99. The minimum atomic E-state index is -0.0520. The summed E-state index contributed by atoms with van der Waals surface area (Å²) in [5.41, 5.74) is 1.76. The van der Waals surface area contributed by atoms with Crippen LogP contribution in [-0.2, 0) is 7.05 Å². The van der Waals surface area contributed by atoms with Crippen LogP contribution in [0.4, 0.5) is 0 Å². The molecule has 0 aliphatic heterocycles. The second-order valence-corrected chi connectivity index (χ2v) is 3.82. The molecule has 1 N–H and O–H groups in total. The molecule has 0 bridgehead atoms. The lowest BCUT2D eigenvalue weighted by Gasteiger charge is -1.96.